The van der Waals surface area contributed by atoms with Gasteiger partial charge in [-0.3, -0.25) is 9.78 Å². The number of thiophene rings is 1. The van der Waals surface area contributed by atoms with Crippen molar-refractivity contribution in [3.8, 4) is 0 Å². The van der Waals surface area contributed by atoms with Gasteiger partial charge in [0.05, 0.1) is 22.2 Å². The van der Waals surface area contributed by atoms with Crippen molar-refractivity contribution in [3.05, 3.63) is 59.9 Å². The van der Waals surface area contributed by atoms with Crippen molar-refractivity contribution < 1.29 is 9.90 Å². The molecule has 2 aromatic heterocycles. The molecule has 0 fully saturated rings. The summed E-state index contributed by atoms with van der Waals surface area (Å²) in [4.78, 5) is 16.6. The molecule has 0 aliphatic carbocycles. The summed E-state index contributed by atoms with van der Waals surface area (Å²) < 4.78 is 1.03. The van der Waals surface area contributed by atoms with E-state index in [9.17, 15) is 4.79 Å². The van der Waals surface area contributed by atoms with Crippen molar-refractivity contribution in [1.29, 1.82) is 0 Å². The maximum absolute atomic E-state index is 12.5. The topological polar surface area (TPSA) is 88.2 Å². The first-order chi connectivity index (χ1) is 11.2. The van der Waals surface area contributed by atoms with Gasteiger partial charge in [0, 0.05) is 18.9 Å². The molecular weight excluding hydrogens is 310 g/mol. The normalized spacial score (nSPS) is 12.3. The Morgan fingerprint density at radius 1 is 1.30 bits per heavy atom. The van der Waals surface area contributed by atoms with Crippen molar-refractivity contribution in [1.82, 2.24) is 4.98 Å². The number of fused-ring (bicyclic) bond motifs is 1. The summed E-state index contributed by atoms with van der Waals surface area (Å²) in [6.07, 6.45) is 3.51. The standard InChI is InChI=1S/C17H17N3O2S/c18-8-14(12-3-1-11(10-21)2-4-12)17(22)20-16-7-13-5-6-19-9-15(13)23-16/h1-7,9,14,21H,8,10,18H2,(H,20,22)/t14-/m1/s1. The Labute approximate surface area is 137 Å². The van der Waals surface area contributed by atoms with Crippen LogP contribution in [0.4, 0.5) is 5.00 Å². The number of benzene rings is 1. The number of aliphatic hydroxyl groups is 1. The molecule has 4 N–H and O–H groups in total. The number of rotatable bonds is 5. The number of aliphatic hydroxyl groups excluding tert-OH is 1. The van der Waals surface area contributed by atoms with Crippen LogP contribution in [0, 0.1) is 0 Å². The Hall–Kier alpha value is -2.28. The first-order valence-electron chi connectivity index (χ1n) is 7.25. The van der Waals surface area contributed by atoms with E-state index in [4.69, 9.17) is 10.8 Å². The fraction of sp³-hybridized carbons (Fsp3) is 0.176. The molecule has 1 aromatic carbocycles. The lowest BCUT2D eigenvalue weighted by Crippen LogP contribution is -2.27. The molecule has 2 heterocycles. The van der Waals surface area contributed by atoms with Crippen molar-refractivity contribution in [2.75, 3.05) is 11.9 Å². The number of hydrogen-bond donors (Lipinski definition) is 3. The van der Waals surface area contributed by atoms with Gasteiger partial charge >= 0.3 is 0 Å². The molecule has 3 aromatic rings. The highest BCUT2D eigenvalue weighted by atomic mass is 32.1. The number of amides is 1. The quantitative estimate of drug-likeness (QED) is 0.672. The number of aromatic nitrogens is 1. The summed E-state index contributed by atoms with van der Waals surface area (Å²) in [5.74, 6) is -0.560. The van der Waals surface area contributed by atoms with Gasteiger partial charge < -0.3 is 16.2 Å². The van der Waals surface area contributed by atoms with Gasteiger partial charge in [-0.25, -0.2) is 0 Å². The molecule has 0 unspecified atom stereocenters. The van der Waals surface area contributed by atoms with Crippen LogP contribution in [0.1, 0.15) is 17.0 Å². The number of anilines is 1. The molecule has 0 saturated carbocycles. The molecule has 0 aliphatic rings. The van der Waals surface area contributed by atoms with E-state index < -0.39 is 5.92 Å². The molecular formula is C17H17N3O2S. The predicted molar refractivity (Wildman–Crippen MR) is 92.4 cm³/mol. The lowest BCUT2D eigenvalue weighted by molar-refractivity contribution is -0.117. The molecule has 0 aliphatic heterocycles. The lowest BCUT2D eigenvalue weighted by Gasteiger charge is -2.15. The maximum Gasteiger partial charge on any atom is 0.233 e. The number of nitrogens with two attached hydrogens (primary N) is 1. The summed E-state index contributed by atoms with van der Waals surface area (Å²) in [5.41, 5.74) is 7.43. The van der Waals surface area contributed by atoms with Crippen LogP contribution in [0.3, 0.4) is 0 Å². The van der Waals surface area contributed by atoms with Crippen molar-refractivity contribution in [3.63, 3.8) is 0 Å². The smallest absolute Gasteiger partial charge is 0.233 e. The van der Waals surface area contributed by atoms with E-state index in [2.05, 4.69) is 10.3 Å². The van der Waals surface area contributed by atoms with Crippen molar-refractivity contribution in [2.45, 2.75) is 12.5 Å². The zero-order chi connectivity index (χ0) is 16.2. The molecule has 6 heteroatoms. The minimum Gasteiger partial charge on any atom is -0.392 e. The van der Waals surface area contributed by atoms with Crippen LogP contribution in [0.15, 0.2) is 48.8 Å². The summed E-state index contributed by atoms with van der Waals surface area (Å²) in [6, 6.07) is 11.1. The highest BCUT2D eigenvalue weighted by Crippen LogP contribution is 2.29. The van der Waals surface area contributed by atoms with Crippen LogP contribution in [-0.2, 0) is 11.4 Å². The average molecular weight is 327 g/mol. The number of nitrogens with one attached hydrogen (secondary N) is 1. The second-order valence-corrected chi connectivity index (χ2v) is 6.29. The third-order valence-electron chi connectivity index (χ3n) is 3.69. The van der Waals surface area contributed by atoms with Gasteiger partial charge in [0.1, 0.15) is 0 Å². The summed E-state index contributed by atoms with van der Waals surface area (Å²) >= 11 is 1.49. The van der Waals surface area contributed by atoms with Gasteiger partial charge in [-0.05, 0) is 28.6 Å². The van der Waals surface area contributed by atoms with Gasteiger partial charge in [0.25, 0.3) is 0 Å². The largest absolute Gasteiger partial charge is 0.392 e. The Morgan fingerprint density at radius 2 is 2.09 bits per heavy atom. The predicted octanol–water partition coefficient (Wildman–Crippen LogP) is 2.47. The fourth-order valence-corrected chi connectivity index (χ4v) is 3.34. The van der Waals surface area contributed by atoms with Crippen LogP contribution in [0.5, 0.6) is 0 Å². The molecule has 23 heavy (non-hydrogen) atoms. The van der Waals surface area contributed by atoms with Crippen LogP contribution >= 0.6 is 11.3 Å². The molecule has 5 nitrogen and oxygen atoms in total. The zero-order valence-electron chi connectivity index (χ0n) is 12.4. The van der Waals surface area contributed by atoms with Gasteiger partial charge in [-0.1, -0.05) is 24.3 Å². The molecule has 118 valence electrons. The summed E-state index contributed by atoms with van der Waals surface area (Å²) in [7, 11) is 0. The van der Waals surface area contributed by atoms with Gasteiger partial charge in [0.2, 0.25) is 5.91 Å². The molecule has 3 rings (SSSR count). The Bertz CT molecular complexity index is 781. The molecule has 1 atom stereocenters. The second-order valence-electron chi connectivity index (χ2n) is 5.20. The number of hydrogen-bond acceptors (Lipinski definition) is 5. The monoisotopic (exact) mass is 327 g/mol. The molecule has 0 radical (unpaired) electrons. The van der Waals surface area contributed by atoms with E-state index in [0.29, 0.717) is 0 Å². The number of carbonyl (C=O) groups excluding carboxylic acids is 1. The van der Waals surface area contributed by atoms with E-state index in [0.717, 1.165) is 26.2 Å². The van der Waals surface area contributed by atoms with Crippen LogP contribution in [0.25, 0.3) is 10.1 Å². The van der Waals surface area contributed by atoms with Crippen molar-refractivity contribution >= 4 is 32.3 Å². The fourth-order valence-electron chi connectivity index (χ4n) is 2.40. The zero-order valence-corrected chi connectivity index (χ0v) is 13.2. The maximum atomic E-state index is 12.5. The Morgan fingerprint density at radius 3 is 2.74 bits per heavy atom. The summed E-state index contributed by atoms with van der Waals surface area (Å²) in [6.45, 7) is 0.201. The summed E-state index contributed by atoms with van der Waals surface area (Å²) in [5, 5.41) is 13.9. The first kappa shape index (κ1) is 15.6. The molecule has 1 amide bonds. The second kappa shape index (κ2) is 6.87. The van der Waals surface area contributed by atoms with E-state index in [-0.39, 0.29) is 19.1 Å². The number of carbonyl (C=O) groups is 1. The van der Waals surface area contributed by atoms with Gasteiger partial charge in [-0.2, -0.15) is 0 Å². The SMILES string of the molecule is NC[C@@H](C(=O)Nc1cc2ccncc2s1)c1ccc(CO)cc1. The van der Waals surface area contributed by atoms with Gasteiger partial charge in [-0.15, -0.1) is 11.3 Å². The Balaban J connectivity index is 1.78. The third-order valence-corrected chi connectivity index (χ3v) is 4.69. The highest BCUT2D eigenvalue weighted by molar-refractivity contribution is 7.22. The minimum absolute atomic E-state index is 0.0183. The van der Waals surface area contributed by atoms with E-state index in [1.54, 1.807) is 24.5 Å². The average Bonchev–Trinajstić information content (AvgIpc) is 2.98. The number of nitrogens with zero attached hydrogens (tertiary/aromatic N) is 1. The number of pyridine rings is 1. The molecule has 0 bridgehead atoms. The van der Waals surface area contributed by atoms with Crippen LogP contribution in [-0.4, -0.2) is 22.5 Å². The molecule has 0 spiro atoms. The minimum atomic E-state index is -0.425. The van der Waals surface area contributed by atoms with E-state index in [1.165, 1.54) is 11.3 Å². The highest BCUT2D eigenvalue weighted by Gasteiger charge is 2.19. The van der Waals surface area contributed by atoms with E-state index >= 15 is 0 Å². The van der Waals surface area contributed by atoms with Crippen LogP contribution < -0.4 is 11.1 Å². The lowest BCUT2D eigenvalue weighted by atomic mass is 9.97. The third kappa shape index (κ3) is 3.39. The van der Waals surface area contributed by atoms with Gasteiger partial charge in [0.15, 0.2) is 0 Å². The molecule has 0 saturated heterocycles. The van der Waals surface area contributed by atoms with Crippen LogP contribution in [0.2, 0.25) is 0 Å². The van der Waals surface area contributed by atoms with E-state index in [1.807, 2.05) is 24.3 Å². The first-order valence-corrected chi connectivity index (χ1v) is 8.07. The van der Waals surface area contributed by atoms with Crippen molar-refractivity contribution in [2.24, 2.45) is 5.73 Å². The Kier molecular flexibility index (Phi) is 4.66.